The lowest BCUT2D eigenvalue weighted by Crippen LogP contribution is -2.27. The highest BCUT2D eigenvalue weighted by molar-refractivity contribution is 9.10. The van der Waals surface area contributed by atoms with Crippen LogP contribution in [0.5, 0.6) is 0 Å². The van der Waals surface area contributed by atoms with Gasteiger partial charge in [0.1, 0.15) is 4.90 Å². The van der Waals surface area contributed by atoms with Crippen LogP contribution in [-0.4, -0.2) is 13.4 Å². The molecule has 1 unspecified atom stereocenters. The highest BCUT2D eigenvalue weighted by atomic mass is 79.9. The molecule has 1 aromatic carbocycles. The minimum absolute atomic E-state index is 0.153. The number of anilines is 1. The quantitative estimate of drug-likeness (QED) is 0.815. The van der Waals surface area contributed by atoms with Crippen LogP contribution < -0.4 is 10.5 Å². The van der Waals surface area contributed by atoms with Gasteiger partial charge in [0.25, 0.3) is 0 Å². The van der Waals surface area contributed by atoms with E-state index in [1.54, 1.807) is 12.3 Å². The maximum atomic E-state index is 12.4. The number of hydrogen-bond acceptors (Lipinski definition) is 4. The van der Waals surface area contributed by atoms with E-state index >= 15 is 0 Å². The number of pyridine rings is 1. The van der Waals surface area contributed by atoms with E-state index in [1.165, 1.54) is 12.3 Å². The second kappa shape index (κ2) is 5.40. The van der Waals surface area contributed by atoms with E-state index in [1.807, 2.05) is 12.1 Å². The molecule has 0 saturated carbocycles. The average molecular weight is 368 g/mol. The van der Waals surface area contributed by atoms with Gasteiger partial charge in [-0.25, -0.2) is 13.1 Å². The molecule has 3 N–H and O–H groups in total. The minimum Gasteiger partial charge on any atom is -0.399 e. The molecule has 0 fully saturated rings. The Labute approximate surface area is 131 Å². The molecule has 7 heteroatoms. The molecule has 21 heavy (non-hydrogen) atoms. The van der Waals surface area contributed by atoms with Crippen molar-refractivity contribution in [3.8, 4) is 0 Å². The van der Waals surface area contributed by atoms with Gasteiger partial charge in [-0.2, -0.15) is 0 Å². The van der Waals surface area contributed by atoms with Gasteiger partial charge < -0.3 is 5.73 Å². The van der Waals surface area contributed by atoms with Crippen molar-refractivity contribution in [2.75, 3.05) is 5.73 Å². The molecule has 1 aliphatic carbocycles. The van der Waals surface area contributed by atoms with Crippen molar-refractivity contribution in [3.05, 3.63) is 52.3 Å². The molecule has 1 atom stereocenters. The van der Waals surface area contributed by atoms with Gasteiger partial charge >= 0.3 is 0 Å². The van der Waals surface area contributed by atoms with Crippen molar-refractivity contribution in [1.29, 1.82) is 0 Å². The van der Waals surface area contributed by atoms with Crippen LogP contribution in [0.15, 0.2) is 46.0 Å². The number of fused-ring (bicyclic) bond motifs is 1. The van der Waals surface area contributed by atoms with Crippen molar-refractivity contribution < 1.29 is 8.42 Å². The van der Waals surface area contributed by atoms with Gasteiger partial charge in [0, 0.05) is 28.6 Å². The number of benzene rings is 1. The van der Waals surface area contributed by atoms with Crippen LogP contribution in [0.3, 0.4) is 0 Å². The van der Waals surface area contributed by atoms with Gasteiger partial charge in [-0.05, 0) is 58.1 Å². The summed E-state index contributed by atoms with van der Waals surface area (Å²) in [5.74, 6) is 0. The number of nitrogens with two attached hydrogens (primary N) is 1. The lowest BCUT2D eigenvalue weighted by atomic mass is 10.1. The minimum atomic E-state index is -3.59. The van der Waals surface area contributed by atoms with Gasteiger partial charge in [-0.15, -0.1) is 0 Å². The van der Waals surface area contributed by atoms with E-state index < -0.39 is 10.0 Å². The molecule has 5 nitrogen and oxygen atoms in total. The zero-order chi connectivity index (χ0) is 15.0. The van der Waals surface area contributed by atoms with Crippen molar-refractivity contribution >= 4 is 31.6 Å². The first kappa shape index (κ1) is 14.5. The number of aromatic nitrogens is 1. The van der Waals surface area contributed by atoms with E-state index in [4.69, 9.17) is 5.73 Å². The van der Waals surface area contributed by atoms with E-state index in [9.17, 15) is 8.42 Å². The normalized spacial score (nSPS) is 17.7. The van der Waals surface area contributed by atoms with Crippen LogP contribution >= 0.6 is 15.9 Å². The first-order valence-electron chi connectivity index (χ1n) is 6.47. The largest absolute Gasteiger partial charge is 0.399 e. The van der Waals surface area contributed by atoms with E-state index in [-0.39, 0.29) is 10.9 Å². The number of rotatable bonds is 3. The van der Waals surface area contributed by atoms with Gasteiger partial charge in [0.15, 0.2) is 0 Å². The van der Waals surface area contributed by atoms with E-state index in [0.717, 1.165) is 24.0 Å². The monoisotopic (exact) mass is 367 g/mol. The third-order valence-corrected chi connectivity index (χ3v) is 5.40. The third-order valence-electron chi connectivity index (χ3n) is 3.53. The predicted molar refractivity (Wildman–Crippen MR) is 84.2 cm³/mol. The lowest BCUT2D eigenvalue weighted by molar-refractivity contribution is 0.554. The zero-order valence-corrected chi connectivity index (χ0v) is 13.5. The van der Waals surface area contributed by atoms with Crippen LogP contribution in [0, 0.1) is 0 Å². The Morgan fingerprint density at radius 3 is 2.86 bits per heavy atom. The number of halogens is 1. The summed E-state index contributed by atoms with van der Waals surface area (Å²) in [5.41, 5.74) is 8.56. The summed E-state index contributed by atoms with van der Waals surface area (Å²) in [7, 11) is -3.59. The van der Waals surface area contributed by atoms with Crippen LogP contribution in [0.1, 0.15) is 23.6 Å². The summed E-state index contributed by atoms with van der Waals surface area (Å²) in [6.07, 6.45) is 4.45. The molecule has 0 spiro atoms. The van der Waals surface area contributed by atoms with Gasteiger partial charge in [0.2, 0.25) is 10.0 Å². The highest BCUT2D eigenvalue weighted by Crippen LogP contribution is 2.33. The number of nitrogens with zero attached hydrogens (tertiary/aromatic N) is 1. The third kappa shape index (κ3) is 2.95. The van der Waals surface area contributed by atoms with Crippen LogP contribution in [0.25, 0.3) is 0 Å². The summed E-state index contributed by atoms with van der Waals surface area (Å²) < 4.78 is 28.2. The number of nitrogens with one attached hydrogen (secondary N) is 1. The second-order valence-electron chi connectivity index (χ2n) is 5.01. The molecule has 0 bridgehead atoms. The molecule has 3 rings (SSSR count). The maximum absolute atomic E-state index is 12.4. The summed E-state index contributed by atoms with van der Waals surface area (Å²) >= 11 is 3.23. The Morgan fingerprint density at radius 2 is 2.10 bits per heavy atom. The summed E-state index contributed by atoms with van der Waals surface area (Å²) in [6, 6.07) is 6.92. The summed E-state index contributed by atoms with van der Waals surface area (Å²) in [4.78, 5) is 4.05. The van der Waals surface area contributed by atoms with Gasteiger partial charge in [-0.1, -0.05) is 6.07 Å². The molecule has 0 radical (unpaired) electrons. The molecule has 1 heterocycles. The fourth-order valence-electron chi connectivity index (χ4n) is 2.55. The Kier molecular flexibility index (Phi) is 3.73. The second-order valence-corrected chi connectivity index (χ2v) is 7.64. The Hall–Kier alpha value is -1.44. The number of aryl methyl sites for hydroxylation is 1. The van der Waals surface area contributed by atoms with Gasteiger partial charge in [-0.3, -0.25) is 4.98 Å². The van der Waals surface area contributed by atoms with Crippen molar-refractivity contribution in [1.82, 2.24) is 9.71 Å². The molecule has 110 valence electrons. The van der Waals surface area contributed by atoms with E-state index in [0.29, 0.717) is 10.2 Å². The maximum Gasteiger partial charge on any atom is 0.242 e. The van der Waals surface area contributed by atoms with Gasteiger partial charge in [0.05, 0.1) is 0 Å². The Balaban J connectivity index is 1.88. The highest BCUT2D eigenvalue weighted by Gasteiger charge is 2.27. The molecule has 0 aliphatic heterocycles. The van der Waals surface area contributed by atoms with Crippen molar-refractivity contribution in [2.24, 2.45) is 0 Å². The van der Waals surface area contributed by atoms with Crippen LogP contribution in [0.2, 0.25) is 0 Å². The van der Waals surface area contributed by atoms with E-state index in [2.05, 4.69) is 25.6 Å². The molecule has 0 amide bonds. The van der Waals surface area contributed by atoms with Crippen LogP contribution in [0.4, 0.5) is 5.69 Å². The first-order chi connectivity index (χ1) is 9.95. The predicted octanol–water partition coefficient (Wildman–Crippen LogP) is 2.39. The first-order valence-corrected chi connectivity index (χ1v) is 8.74. The molecule has 1 aliphatic rings. The Morgan fingerprint density at radius 1 is 1.29 bits per heavy atom. The molecule has 1 aromatic heterocycles. The van der Waals surface area contributed by atoms with Crippen molar-refractivity contribution in [2.45, 2.75) is 23.8 Å². The lowest BCUT2D eigenvalue weighted by Gasteiger charge is -2.14. The smallest absolute Gasteiger partial charge is 0.242 e. The molecular weight excluding hydrogens is 354 g/mol. The summed E-state index contributed by atoms with van der Waals surface area (Å²) in [6.45, 7) is 0. The molecule has 2 aromatic rings. The number of nitrogen functional groups attached to an aromatic ring is 1. The average Bonchev–Trinajstić information content (AvgIpc) is 2.80. The fraction of sp³-hybridized carbons (Fsp3) is 0.214. The topological polar surface area (TPSA) is 85.1 Å². The summed E-state index contributed by atoms with van der Waals surface area (Å²) in [5, 5.41) is 0. The standard InChI is InChI=1S/C14H14BrN3O2S/c15-10-6-12(8-17-7-10)21(19,20)18-14-4-1-9-5-11(16)2-3-13(9)14/h2-3,5-8,14,18H,1,4,16H2. The fourth-order valence-corrected chi connectivity index (χ4v) is 4.31. The SMILES string of the molecule is Nc1ccc2c(c1)CCC2NS(=O)(=O)c1cncc(Br)c1. The Bertz CT molecular complexity index is 793. The zero-order valence-electron chi connectivity index (χ0n) is 11.1. The van der Waals surface area contributed by atoms with Crippen LogP contribution in [-0.2, 0) is 16.4 Å². The molecule has 0 saturated heterocycles. The number of hydrogen-bond donors (Lipinski definition) is 2. The number of sulfonamides is 1. The molecular formula is C14H14BrN3O2S. The van der Waals surface area contributed by atoms with Crippen molar-refractivity contribution in [3.63, 3.8) is 0 Å².